The molecule has 1 unspecified atom stereocenters. The molecule has 1 fully saturated rings. The van der Waals surface area contributed by atoms with Crippen molar-refractivity contribution in [2.75, 3.05) is 35.1 Å². The highest BCUT2D eigenvalue weighted by Crippen LogP contribution is 2.23. The largest absolute Gasteiger partial charge is 0.371 e. The van der Waals surface area contributed by atoms with Gasteiger partial charge in [-0.1, -0.05) is 36.8 Å². The molecule has 0 radical (unpaired) electrons. The fraction of sp³-hybridized carbons (Fsp3) is 0.435. The monoisotopic (exact) mass is 429 g/mol. The van der Waals surface area contributed by atoms with Crippen LogP contribution in [0.5, 0.6) is 0 Å². The quantitative estimate of drug-likeness (QED) is 0.733. The number of nitrogens with zero attached hydrogens (tertiary/aromatic N) is 2. The van der Waals surface area contributed by atoms with Crippen molar-refractivity contribution in [3.63, 3.8) is 0 Å². The Morgan fingerprint density at radius 1 is 1.13 bits per heavy atom. The van der Waals surface area contributed by atoms with Crippen molar-refractivity contribution >= 4 is 27.3 Å². The molecule has 0 saturated carbocycles. The van der Waals surface area contributed by atoms with E-state index in [1.165, 1.54) is 18.5 Å². The number of carbonyl (C=O) groups excluding carboxylic acids is 1. The van der Waals surface area contributed by atoms with Gasteiger partial charge in [-0.2, -0.15) is 0 Å². The molecule has 3 rings (SSSR count). The lowest BCUT2D eigenvalue weighted by Crippen LogP contribution is -2.40. The molecule has 6 nitrogen and oxygen atoms in total. The summed E-state index contributed by atoms with van der Waals surface area (Å²) in [5.41, 5.74) is 3.70. The van der Waals surface area contributed by atoms with Crippen molar-refractivity contribution in [2.45, 2.75) is 33.2 Å². The number of hydrogen-bond acceptors (Lipinski definition) is 4. The van der Waals surface area contributed by atoms with Crippen LogP contribution < -0.4 is 14.5 Å². The summed E-state index contributed by atoms with van der Waals surface area (Å²) in [5, 5.41) is 2.83. The Morgan fingerprint density at radius 2 is 1.80 bits per heavy atom. The molecule has 0 aliphatic carbocycles. The molecule has 2 aromatic rings. The molecule has 1 atom stereocenters. The van der Waals surface area contributed by atoms with Crippen LogP contribution in [0.15, 0.2) is 48.5 Å². The number of amides is 1. The van der Waals surface area contributed by atoms with Gasteiger partial charge >= 0.3 is 0 Å². The third-order valence-electron chi connectivity index (χ3n) is 5.46. The van der Waals surface area contributed by atoms with Crippen LogP contribution in [0.2, 0.25) is 0 Å². The summed E-state index contributed by atoms with van der Waals surface area (Å²) >= 11 is 0. The molecule has 0 spiro atoms. The maximum atomic E-state index is 12.4. The van der Waals surface area contributed by atoms with Gasteiger partial charge in [0.1, 0.15) is 6.54 Å². The number of hydrogen-bond donors (Lipinski definition) is 1. The van der Waals surface area contributed by atoms with E-state index in [0.717, 1.165) is 34.8 Å². The summed E-state index contributed by atoms with van der Waals surface area (Å²) in [5.74, 6) is 0.374. The first-order valence-corrected chi connectivity index (χ1v) is 12.2. The van der Waals surface area contributed by atoms with Gasteiger partial charge in [0.2, 0.25) is 15.9 Å². The minimum absolute atomic E-state index is 0.244. The third kappa shape index (κ3) is 5.98. The van der Waals surface area contributed by atoms with Crippen molar-refractivity contribution < 1.29 is 13.2 Å². The van der Waals surface area contributed by atoms with Crippen LogP contribution in [0.25, 0.3) is 0 Å². The van der Waals surface area contributed by atoms with E-state index in [9.17, 15) is 13.2 Å². The van der Waals surface area contributed by atoms with Crippen LogP contribution in [-0.4, -0.2) is 40.2 Å². The molecule has 30 heavy (non-hydrogen) atoms. The molecule has 1 aliphatic rings. The normalized spacial score (nSPS) is 16.9. The Kier molecular flexibility index (Phi) is 7.02. The maximum Gasteiger partial charge on any atom is 0.241 e. The van der Waals surface area contributed by atoms with Crippen molar-refractivity contribution in [3.8, 4) is 0 Å². The molecule has 1 amide bonds. The lowest BCUT2D eigenvalue weighted by atomic mass is 9.99. The van der Waals surface area contributed by atoms with Crippen molar-refractivity contribution in [3.05, 3.63) is 59.7 Å². The molecular weight excluding hydrogens is 398 g/mol. The Labute approximate surface area is 179 Å². The van der Waals surface area contributed by atoms with Gasteiger partial charge in [0.05, 0.1) is 11.9 Å². The molecule has 0 aromatic heterocycles. The Bertz CT molecular complexity index is 956. The SMILES string of the molecule is Cc1ccc(N(CC(=O)NCc2ccc(N3CCCC(C)C3)cc2)S(C)(=O)=O)cc1. The number of piperidine rings is 1. The predicted octanol–water partition coefficient (Wildman–Crippen LogP) is 3.31. The molecule has 1 aliphatic heterocycles. The zero-order valence-corrected chi connectivity index (χ0v) is 18.8. The van der Waals surface area contributed by atoms with Crippen LogP contribution in [0, 0.1) is 12.8 Å². The first-order valence-electron chi connectivity index (χ1n) is 10.4. The van der Waals surface area contributed by atoms with E-state index in [2.05, 4.69) is 29.3 Å². The van der Waals surface area contributed by atoms with Crippen LogP contribution >= 0.6 is 0 Å². The number of sulfonamides is 1. The van der Waals surface area contributed by atoms with Crippen LogP contribution in [-0.2, 0) is 21.4 Å². The average molecular weight is 430 g/mol. The fourth-order valence-electron chi connectivity index (χ4n) is 3.75. The van der Waals surface area contributed by atoms with Gasteiger partial charge in [-0.25, -0.2) is 8.42 Å². The van der Waals surface area contributed by atoms with E-state index in [1.807, 2.05) is 31.2 Å². The summed E-state index contributed by atoms with van der Waals surface area (Å²) in [6.07, 6.45) is 3.62. The topological polar surface area (TPSA) is 69.7 Å². The predicted molar refractivity (Wildman–Crippen MR) is 122 cm³/mol. The summed E-state index contributed by atoms with van der Waals surface area (Å²) < 4.78 is 25.5. The maximum absolute atomic E-state index is 12.4. The van der Waals surface area contributed by atoms with Gasteiger partial charge in [0, 0.05) is 25.3 Å². The lowest BCUT2D eigenvalue weighted by Gasteiger charge is -2.32. The molecular formula is C23H31N3O3S. The number of anilines is 2. The average Bonchev–Trinajstić information content (AvgIpc) is 2.71. The number of carbonyl (C=O) groups is 1. The Balaban J connectivity index is 1.58. The Morgan fingerprint density at radius 3 is 2.40 bits per heavy atom. The lowest BCUT2D eigenvalue weighted by molar-refractivity contribution is -0.119. The highest BCUT2D eigenvalue weighted by atomic mass is 32.2. The fourth-order valence-corrected chi connectivity index (χ4v) is 4.60. The molecule has 162 valence electrons. The van der Waals surface area contributed by atoms with E-state index < -0.39 is 10.0 Å². The van der Waals surface area contributed by atoms with Crippen LogP contribution in [0.4, 0.5) is 11.4 Å². The summed E-state index contributed by atoms with van der Waals surface area (Å²) in [6.45, 7) is 6.49. The molecule has 1 saturated heterocycles. The summed E-state index contributed by atoms with van der Waals surface area (Å²) in [4.78, 5) is 14.8. The number of rotatable bonds is 7. The minimum atomic E-state index is -3.56. The zero-order valence-electron chi connectivity index (χ0n) is 18.0. The number of benzene rings is 2. The molecule has 2 aromatic carbocycles. The standard InChI is InChI=1S/C23H31N3O3S/c1-18-6-10-22(11-7-18)26(30(3,28)29)17-23(27)24-15-20-8-12-21(13-9-20)25-14-4-5-19(2)16-25/h6-13,19H,4-5,14-17H2,1-3H3,(H,24,27). The first kappa shape index (κ1) is 22.2. The van der Waals surface area contributed by atoms with Gasteiger partial charge < -0.3 is 10.2 Å². The zero-order chi connectivity index (χ0) is 21.7. The van der Waals surface area contributed by atoms with E-state index in [1.54, 1.807) is 12.1 Å². The van der Waals surface area contributed by atoms with Crippen LogP contribution in [0.3, 0.4) is 0 Å². The van der Waals surface area contributed by atoms with Crippen molar-refractivity contribution in [1.82, 2.24) is 5.32 Å². The smallest absolute Gasteiger partial charge is 0.241 e. The summed E-state index contributed by atoms with van der Waals surface area (Å²) in [6, 6.07) is 15.3. The minimum Gasteiger partial charge on any atom is -0.371 e. The van der Waals surface area contributed by atoms with Gasteiger partial charge in [0.25, 0.3) is 0 Å². The second-order valence-electron chi connectivity index (χ2n) is 8.24. The molecule has 0 bridgehead atoms. The van der Waals surface area contributed by atoms with Crippen molar-refractivity contribution in [1.29, 1.82) is 0 Å². The van der Waals surface area contributed by atoms with Crippen molar-refractivity contribution in [2.24, 2.45) is 5.92 Å². The molecule has 7 heteroatoms. The highest BCUT2D eigenvalue weighted by molar-refractivity contribution is 7.92. The first-order chi connectivity index (χ1) is 14.2. The van der Waals surface area contributed by atoms with Crippen LogP contribution in [0.1, 0.15) is 30.9 Å². The Hall–Kier alpha value is -2.54. The van der Waals surface area contributed by atoms with E-state index in [0.29, 0.717) is 18.2 Å². The highest BCUT2D eigenvalue weighted by Gasteiger charge is 2.21. The summed E-state index contributed by atoms with van der Waals surface area (Å²) in [7, 11) is -3.56. The second-order valence-corrected chi connectivity index (χ2v) is 10.1. The molecule has 1 N–H and O–H groups in total. The number of aryl methyl sites for hydroxylation is 1. The van der Waals surface area contributed by atoms with Gasteiger partial charge in [0.15, 0.2) is 0 Å². The number of nitrogens with one attached hydrogen (secondary N) is 1. The van der Waals surface area contributed by atoms with Gasteiger partial charge in [-0.3, -0.25) is 9.10 Å². The van der Waals surface area contributed by atoms with Gasteiger partial charge in [-0.15, -0.1) is 0 Å². The van der Waals surface area contributed by atoms with Gasteiger partial charge in [-0.05, 0) is 55.5 Å². The van der Waals surface area contributed by atoms with E-state index in [4.69, 9.17) is 0 Å². The molecule has 1 heterocycles. The second kappa shape index (κ2) is 9.51. The van der Waals surface area contributed by atoms with E-state index >= 15 is 0 Å². The van der Waals surface area contributed by atoms with E-state index in [-0.39, 0.29) is 12.5 Å². The third-order valence-corrected chi connectivity index (χ3v) is 6.60.